The van der Waals surface area contributed by atoms with Crippen LogP contribution in [0.15, 0.2) is 24.3 Å². The van der Waals surface area contributed by atoms with E-state index in [9.17, 15) is 8.42 Å². The van der Waals surface area contributed by atoms with E-state index in [4.69, 9.17) is 0 Å². The summed E-state index contributed by atoms with van der Waals surface area (Å²) in [5.74, 6) is 0. The summed E-state index contributed by atoms with van der Waals surface area (Å²) in [6.07, 6.45) is 3.67. The van der Waals surface area contributed by atoms with Gasteiger partial charge in [-0.2, -0.15) is 12.7 Å². The highest BCUT2D eigenvalue weighted by Gasteiger charge is 2.23. The predicted octanol–water partition coefficient (Wildman–Crippen LogP) is 2.16. The number of para-hydroxylation sites is 1. The van der Waals surface area contributed by atoms with E-state index in [2.05, 4.69) is 9.71 Å². The van der Waals surface area contributed by atoms with Gasteiger partial charge in [-0.05, 0) is 25.0 Å². The van der Waals surface area contributed by atoms with Crippen molar-refractivity contribution in [2.75, 3.05) is 19.6 Å². The molecule has 0 aliphatic carbocycles. The Morgan fingerprint density at radius 2 is 1.95 bits per heavy atom. The smallest absolute Gasteiger partial charge is 0.241 e. The van der Waals surface area contributed by atoms with Crippen LogP contribution in [-0.4, -0.2) is 37.3 Å². The molecule has 5 nitrogen and oxygen atoms in total. The van der Waals surface area contributed by atoms with Crippen molar-refractivity contribution in [1.82, 2.24) is 14.0 Å². The summed E-state index contributed by atoms with van der Waals surface area (Å²) >= 11 is 1.62. The number of hydrogen-bond acceptors (Lipinski definition) is 4. The number of thiazole rings is 1. The molecule has 1 N–H and O–H groups in total. The van der Waals surface area contributed by atoms with E-state index >= 15 is 0 Å². The molecule has 1 aromatic heterocycles. The first-order valence-corrected chi connectivity index (χ1v) is 9.50. The molecule has 21 heavy (non-hydrogen) atoms. The monoisotopic (exact) mass is 325 g/mol. The lowest BCUT2D eigenvalue weighted by atomic mass is 10.2. The van der Waals surface area contributed by atoms with Crippen molar-refractivity contribution in [3.05, 3.63) is 29.3 Å². The molecule has 0 atom stereocenters. The molecule has 1 aliphatic rings. The van der Waals surface area contributed by atoms with Crippen LogP contribution in [0.25, 0.3) is 10.2 Å². The van der Waals surface area contributed by atoms with Gasteiger partial charge in [0.1, 0.15) is 0 Å². The van der Waals surface area contributed by atoms with Crippen LogP contribution in [0.2, 0.25) is 0 Å². The van der Waals surface area contributed by atoms with Crippen molar-refractivity contribution in [2.45, 2.75) is 25.7 Å². The molecular weight excluding hydrogens is 306 g/mol. The van der Waals surface area contributed by atoms with Crippen LogP contribution in [0, 0.1) is 0 Å². The molecule has 7 heteroatoms. The van der Waals surface area contributed by atoms with Gasteiger partial charge >= 0.3 is 0 Å². The Morgan fingerprint density at radius 3 is 2.71 bits per heavy atom. The third kappa shape index (κ3) is 3.60. The second-order valence-corrected chi connectivity index (χ2v) is 8.05. The summed E-state index contributed by atoms with van der Waals surface area (Å²) in [6.45, 7) is 1.67. The number of rotatable bonds is 5. The van der Waals surface area contributed by atoms with E-state index in [0.717, 1.165) is 34.5 Å². The van der Waals surface area contributed by atoms with E-state index in [1.807, 2.05) is 24.3 Å². The van der Waals surface area contributed by atoms with E-state index in [-0.39, 0.29) is 0 Å². The van der Waals surface area contributed by atoms with Gasteiger partial charge in [0.2, 0.25) is 0 Å². The van der Waals surface area contributed by atoms with Crippen LogP contribution in [-0.2, 0) is 16.6 Å². The number of aromatic nitrogens is 1. The zero-order valence-electron chi connectivity index (χ0n) is 11.8. The molecule has 1 saturated heterocycles. The second kappa shape index (κ2) is 6.39. The van der Waals surface area contributed by atoms with Crippen molar-refractivity contribution in [3.8, 4) is 0 Å². The van der Waals surface area contributed by atoms with Crippen LogP contribution in [0.5, 0.6) is 0 Å². The summed E-state index contributed by atoms with van der Waals surface area (Å²) in [7, 11) is -3.32. The normalized spacial score (nSPS) is 17.3. The Hall–Kier alpha value is -1.02. The van der Waals surface area contributed by atoms with E-state index in [1.54, 1.807) is 15.6 Å². The largest absolute Gasteiger partial charge is 0.279 e. The minimum atomic E-state index is -3.32. The van der Waals surface area contributed by atoms with Gasteiger partial charge in [-0.3, -0.25) is 0 Å². The Balaban J connectivity index is 1.57. The van der Waals surface area contributed by atoms with Crippen LogP contribution >= 0.6 is 11.3 Å². The van der Waals surface area contributed by atoms with E-state index in [0.29, 0.717) is 26.1 Å². The zero-order valence-corrected chi connectivity index (χ0v) is 13.4. The van der Waals surface area contributed by atoms with Crippen LogP contribution in [0.4, 0.5) is 0 Å². The van der Waals surface area contributed by atoms with E-state index < -0.39 is 10.2 Å². The standard InChI is InChI=1S/C14H19N3O2S2/c18-21(19,17-10-4-1-5-11-17)15-9-8-14-16-12-6-2-3-7-13(12)20-14/h2-3,6-7,15H,1,4-5,8-11H2. The Morgan fingerprint density at radius 1 is 1.19 bits per heavy atom. The second-order valence-electron chi connectivity index (χ2n) is 5.18. The Kier molecular flexibility index (Phi) is 4.54. The first-order chi connectivity index (χ1) is 10.1. The molecule has 1 aliphatic heterocycles. The number of fused-ring (bicyclic) bond motifs is 1. The van der Waals surface area contributed by atoms with Crippen LogP contribution in [0.3, 0.4) is 0 Å². The summed E-state index contributed by atoms with van der Waals surface area (Å²) in [5.41, 5.74) is 0.983. The van der Waals surface area contributed by atoms with Gasteiger partial charge in [-0.15, -0.1) is 11.3 Å². The number of piperidine rings is 1. The van der Waals surface area contributed by atoms with Crippen molar-refractivity contribution >= 4 is 31.8 Å². The molecule has 0 unspecified atom stereocenters. The fourth-order valence-electron chi connectivity index (χ4n) is 2.51. The molecule has 0 saturated carbocycles. The number of hydrogen-bond donors (Lipinski definition) is 1. The average molecular weight is 325 g/mol. The minimum absolute atomic E-state index is 0.401. The Labute approximate surface area is 129 Å². The first kappa shape index (κ1) is 14.9. The van der Waals surface area contributed by atoms with Crippen LogP contribution < -0.4 is 4.72 Å². The highest BCUT2D eigenvalue weighted by molar-refractivity contribution is 7.87. The molecule has 1 aromatic carbocycles. The molecule has 0 radical (unpaired) electrons. The lowest BCUT2D eigenvalue weighted by Crippen LogP contribution is -2.43. The number of benzene rings is 1. The summed E-state index contributed by atoms with van der Waals surface area (Å²) in [4.78, 5) is 4.51. The summed E-state index contributed by atoms with van der Waals surface area (Å²) < 4.78 is 29.7. The van der Waals surface area contributed by atoms with Crippen molar-refractivity contribution in [3.63, 3.8) is 0 Å². The highest BCUT2D eigenvalue weighted by atomic mass is 32.2. The maximum absolute atomic E-state index is 12.1. The van der Waals surface area contributed by atoms with Gasteiger partial charge in [-0.1, -0.05) is 18.6 Å². The van der Waals surface area contributed by atoms with Crippen molar-refractivity contribution in [1.29, 1.82) is 0 Å². The number of nitrogens with zero attached hydrogens (tertiary/aromatic N) is 2. The number of nitrogens with one attached hydrogen (secondary N) is 1. The molecule has 3 rings (SSSR count). The molecule has 0 spiro atoms. The third-order valence-corrected chi connectivity index (χ3v) is 6.33. The van der Waals surface area contributed by atoms with Gasteiger partial charge in [0.05, 0.1) is 15.2 Å². The maximum atomic E-state index is 12.1. The molecule has 0 amide bonds. The topological polar surface area (TPSA) is 62.3 Å². The van der Waals surface area contributed by atoms with Gasteiger partial charge in [0, 0.05) is 26.1 Å². The molecular formula is C14H19N3O2S2. The lowest BCUT2D eigenvalue weighted by Gasteiger charge is -2.25. The minimum Gasteiger partial charge on any atom is -0.241 e. The average Bonchev–Trinajstić information content (AvgIpc) is 2.90. The molecule has 1 fully saturated rings. The van der Waals surface area contributed by atoms with Crippen molar-refractivity contribution < 1.29 is 8.42 Å². The third-order valence-electron chi connectivity index (χ3n) is 3.62. The Bertz CT molecular complexity index is 673. The first-order valence-electron chi connectivity index (χ1n) is 7.24. The van der Waals surface area contributed by atoms with Gasteiger partial charge < -0.3 is 0 Å². The molecule has 2 heterocycles. The molecule has 2 aromatic rings. The van der Waals surface area contributed by atoms with E-state index in [1.165, 1.54) is 0 Å². The quantitative estimate of drug-likeness (QED) is 0.916. The fourth-order valence-corrected chi connectivity index (χ4v) is 4.76. The molecule has 114 valence electrons. The molecule has 0 bridgehead atoms. The van der Waals surface area contributed by atoms with Gasteiger partial charge in [-0.25, -0.2) is 9.71 Å². The van der Waals surface area contributed by atoms with Gasteiger partial charge in [0.15, 0.2) is 0 Å². The SMILES string of the molecule is O=S(=O)(NCCc1nc2ccccc2s1)N1CCCCC1. The van der Waals surface area contributed by atoms with Crippen LogP contribution in [0.1, 0.15) is 24.3 Å². The highest BCUT2D eigenvalue weighted by Crippen LogP contribution is 2.21. The van der Waals surface area contributed by atoms with Gasteiger partial charge in [0.25, 0.3) is 10.2 Å². The predicted molar refractivity (Wildman–Crippen MR) is 85.7 cm³/mol. The summed E-state index contributed by atoms with van der Waals surface area (Å²) in [5, 5.41) is 0.970. The fraction of sp³-hybridized carbons (Fsp3) is 0.500. The summed E-state index contributed by atoms with van der Waals surface area (Å²) in [6, 6.07) is 7.97. The zero-order chi connectivity index (χ0) is 14.7. The maximum Gasteiger partial charge on any atom is 0.279 e. The van der Waals surface area contributed by atoms with Crippen molar-refractivity contribution in [2.24, 2.45) is 0 Å². The lowest BCUT2D eigenvalue weighted by molar-refractivity contribution is 0.342.